The lowest BCUT2D eigenvalue weighted by atomic mass is 10.0. The molecule has 6 heteroatoms. The van der Waals surface area contributed by atoms with Crippen molar-refractivity contribution in [2.45, 2.75) is 46.3 Å². The number of carbonyl (C=O) groups is 1. The molecule has 2 unspecified atom stereocenters. The van der Waals surface area contributed by atoms with Crippen molar-refractivity contribution in [3.05, 3.63) is 17.1 Å². The molecule has 1 amide bonds. The summed E-state index contributed by atoms with van der Waals surface area (Å²) in [5.74, 6) is -0.216. The molecule has 0 aliphatic carbocycles. The lowest BCUT2D eigenvalue weighted by Gasteiger charge is -2.28. The van der Waals surface area contributed by atoms with Gasteiger partial charge in [-0.15, -0.1) is 5.01 Å². The van der Waals surface area contributed by atoms with E-state index in [4.69, 9.17) is 5.73 Å². The molecule has 0 bridgehead atoms. The molecule has 0 aromatic carbocycles. The maximum absolute atomic E-state index is 12.1. The summed E-state index contributed by atoms with van der Waals surface area (Å²) in [5.41, 5.74) is 5.66. The van der Waals surface area contributed by atoms with E-state index in [1.807, 2.05) is 32.9 Å². The van der Waals surface area contributed by atoms with Crippen LogP contribution in [0.2, 0.25) is 0 Å². The minimum Gasteiger partial charge on any atom is -0.352 e. The highest BCUT2D eigenvalue weighted by molar-refractivity contribution is 5.79. The van der Waals surface area contributed by atoms with Gasteiger partial charge in [-0.1, -0.05) is 26.0 Å². The fourth-order valence-corrected chi connectivity index (χ4v) is 2.33. The predicted octanol–water partition coefficient (Wildman–Crippen LogP) is 1.02. The first-order chi connectivity index (χ1) is 9.14. The highest BCUT2D eigenvalue weighted by Gasteiger charge is 2.52. The third-order valence-corrected chi connectivity index (χ3v) is 3.23. The van der Waals surface area contributed by atoms with Gasteiger partial charge in [0.2, 0.25) is 12.5 Å². The summed E-state index contributed by atoms with van der Waals surface area (Å²) in [6.07, 6.45) is 3.36. The molecule has 1 heterocycles. The second kappa shape index (κ2) is 6.35. The van der Waals surface area contributed by atoms with Gasteiger partial charge < -0.3 is 11.1 Å². The number of nitroso groups, excluding NO2 is 1. The molecule has 20 heavy (non-hydrogen) atoms. The van der Waals surface area contributed by atoms with Gasteiger partial charge in [-0.25, -0.2) is 0 Å². The van der Waals surface area contributed by atoms with Crippen LogP contribution in [-0.4, -0.2) is 40.6 Å². The minimum atomic E-state index is -0.582. The van der Waals surface area contributed by atoms with E-state index < -0.39 is 17.6 Å². The third-order valence-electron chi connectivity index (χ3n) is 3.23. The molecule has 114 valence electrons. The standard InChI is InChI=1S/C14H26N4O2/c1-10(2)7-6-8-16-13(19)11-9-17(20)18(12(11)15)14(3,4)5/h6-7,10-12H,8-9,15H2,1-5H3/p+1/b7-6+. The molecule has 1 aliphatic heterocycles. The molecule has 3 N–H and O–H groups in total. The molecule has 6 nitrogen and oxygen atoms in total. The van der Waals surface area contributed by atoms with Gasteiger partial charge >= 0.3 is 0 Å². The van der Waals surface area contributed by atoms with Crippen LogP contribution in [0.3, 0.4) is 0 Å². The summed E-state index contributed by atoms with van der Waals surface area (Å²) >= 11 is 0. The molecule has 1 fully saturated rings. The number of hydrazine groups is 1. The number of nitrogens with one attached hydrogen (secondary N) is 1. The van der Waals surface area contributed by atoms with Crippen molar-refractivity contribution in [2.75, 3.05) is 13.1 Å². The molecule has 1 saturated heterocycles. The van der Waals surface area contributed by atoms with Crippen LogP contribution < -0.4 is 11.1 Å². The molecular weight excluding hydrogens is 256 g/mol. The molecule has 0 aromatic rings. The Morgan fingerprint density at radius 3 is 2.55 bits per heavy atom. The van der Waals surface area contributed by atoms with E-state index in [-0.39, 0.29) is 12.5 Å². The van der Waals surface area contributed by atoms with Gasteiger partial charge in [0.15, 0.2) is 6.17 Å². The first-order valence-corrected chi connectivity index (χ1v) is 7.08. The average Bonchev–Trinajstić information content (AvgIpc) is 2.59. The van der Waals surface area contributed by atoms with Crippen LogP contribution in [0.1, 0.15) is 34.6 Å². The second-order valence-corrected chi connectivity index (χ2v) is 6.56. The highest BCUT2D eigenvalue weighted by atomic mass is 16.3. The number of hydrogen-bond acceptors (Lipinski definition) is 3. The van der Waals surface area contributed by atoms with Crippen LogP contribution >= 0.6 is 0 Å². The van der Waals surface area contributed by atoms with Gasteiger partial charge in [0.05, 0.1) is 10.4 Å². The van der Waals surface area contributed by atoms with Crippen LogP contribution in [0, 0.1) is 16.7 Å². The van der Waals surface area contributed by atoms with E-state index in [1.54, 1.807) is 0 Å². The summed E-state index contributed by atoms with van der Waals surface area (Å²) in [6, 6.07) is 0. The Morgan fingerprint density at radius 1 is 1.50 bits per heavy atom. The molecule has 1 aliphatic rings. The summed E-state index contributed by atoms with van der Waals surface area (Å²) in [5, 5.41) is 4.33. The van der Waals surface area contributed by atoms with Gasteiger partial charge in [0.25, 0.3) is 0 Å². The number of carbonyl (C=O) groups excluding carboxylic acids is 1. The fraction of sp³-hybridized carbons (Fsp3) is 0.786. The van der Waals surface area contributed by atoms with Crippen molar-refractivity contribution in [3.8, 4) is 0 Å². The summed E-state index contributed by atoms with van der Waals surface area (Å²) in [6.45, 7) is 10.4. The van der Waals surface area contributed by atoms with Gasteiger partial charge in [-0.2, -0.15) is 0 Å². The predicted molar refractivity (Wildman–Crippen MR) is 78.5 cm³/mol. The molecule has 0 radical (unpaired) electrons. The largest absolute Gasteiger partial charge is 0.352 e. The van der Waals surface area contributed by atoms with Gasteiger partial charge in [-0.05, 0) is 26.7 Å². The van der Waals surface area contributed by atoms with E-state index >= 15 is 0 Å². The Kier molecular flexibility index (Phi) is 5.28. The van der Waals surface area contributed by atoms with Crippen molar-refractivity contribution in [2.24, 2.45) is 17.6 Å². The zero-order valence-electron chi connectivity index (χ0n) is 13.1. The lowest BCUT2D eigenvalue weighted by molar-refractivity contribution is -0.705. The van der Waals surface area contributed by atoms with Crippen molar-refractivity contribution >= 4 is 5.91 Å². The number of hydrogen-bond donors (Lipinski definition) is 2. The molecule has 0 spiro atoms. The quantitative estimate of drug-likeness (QED) is 0.596. The number of allylic oxidation sites excluding steroid dienone is 1. The summed E-state index contributed by atoms with van der Waals surface area (Å²) in [7, 11) is 0. The van der Waals surface area contributed by atoms with E-state index in [2.05, 4.69) is 19.2 Å². The van der Waals surface area contributed by atoms with Crippen LogP contribution in [0.25, 0.3) is 0 Å². The molecule has 0 aromatic heterocycles. The van der Waals surface area contributed by atoms with Gasteiger partial charge in [0.1, 0.15) is 10.8 Å². The van der Waals surface area contributed by atoms with Crippen molar-refractivity contribution < 1.29 is 9.66 Å². The third kappa shape index (κ3) is 4.03. The van der Waals surface area contributed by atoms with Crippen molar-refractivity contribution in [3.63, 3.8) is 0 Å². The lowest BCUT2D eigenvalue weighted by Crippen LogP contribution is -2.54. The van der Waals surface area contributed by atoms with Crippen LogP contribution in [-0.2, 0) is 4.79 Å². The maximum Gasteiger partial charge on any atom is 0.240 e. The van der Waals surface area contributed by atoms with Crippen LogP contribution in [0.4, 0.5) is 0 Å². The van der Waals surface area contributed by atoms with Crippen LogP contribution in [0.15, 0.2) is 12.2 Å². The first kappa shape index (κ1) is 16.6. The second-order valence-electron chi connectivity index (χ2n) is 6.56. The average molecular weight is 283 g/mol. The fourth-order valence-electron chi connectivity index (χ4n) is 2.33. The Balaban J connectivity index is 2.60. The monoisotopic (exact) mass is 283 g/mol. The first-order valence-electron chi connectivity index (χ1n) is 7.08. The van der Waals surface area contributed by atoms with E-state index in [0.717, 1.165) is 4.87 Å². The topological polar surface area (TPSA) is 78.4 Å². The van der Waals surface area contributed by atoms with E-state index in [1.165, 1.54) is 5.01 Å². The normalized spacial score (nSPS) is 23.9. The van der Waals surface area contributed by atoms with E-state index in [0.29, 0.717) is 12.5 Å². The highest BCUT2D eigenvalue weighted by Crippen LogP contribution is 2.25. The van der Waals surface area contributed by atoms with Crippen molar-refractivity contribution in [1.82, 2.24) is 10.3 Å². The molecule has 0 saturated carbocycles. The van der Waals surface area contributed by atoms with E-state index in [9.17, 15) is 9.70 Å². The Hall–Kier alpha value is -1.43. The Labute approximate surface area is 120 Å². The molecule has 2 atom stereocenters. The van der Waals surface area contributed by atoms with Gasteiger partial charge in [0, 0.05) is 6.54 Å². The Bertz CT molecular complexity index is 398. The molecular formula is C14H27N4O2+. The number of amides is 1. The Morgan fingerprint density at radius 2 is 2.10 bits per heavy atom. The number of rotatable bonds is 4. The number of nitrogens with two attached hydrogens (primary N) is 1. The molecule has 1 rings (SSSR count). The zero-order chi connectivity index (χ0) is 15.5. The minimum absolute atomic E-state index is 0.109. The SMILES string of the molecule is CC(C)/C=C/CNC(=O)C1C[N+](=O)N(C(C)(C)C)C1N. The summed E-state index contributed by atoms with van der Waals surface area (Å²) < 4.78 is 0. The van der Waals surface area contributed by atoms with Crippen molar-refractivity contribution in [1.29, 1.82) is 0 Å². The number of nitrogens with zero attached hydrogens (tertiary/aromatic N) is 2. The van der Waals surface area contributed by atoms with Crippen LogP contribution in [0.5, 0.6) is 0 Å². The maximum atomic E-state index is 12.1. The zero-order valence-corrected chi connectivity index (χ0v) is 13.1. The smallest absolute Gasteiger partial charge is 0.240 e. The summed E-state index contributed by atoms with van der Waals surface area (Å²) in [4.78, 5) is 24.8. The van der Waals surface area contributed by atoms with Gasteiger partial charge in [-0.3, -0.25) is 4.79 Å².